The van der Waals surface area contributed by atoms with E-state index in [1.54, 1.807) is 0 Å². The second-order valence-corrected chi connectivity index (χ2v) is 6.83. The first-order valence-electron chi connectivity index (χ1n) is 5.86. The fourth-order valence-electron chi connectivity index (χ4n) is 1.88. The largest absolute Gasteiger partial charge is 0.468 e. The minimum Gasteiger partial charge on any atom is -0.468 e. The summed E-state index contributed by atoms with van der Waals surface area (Å²) in [4.78, 5) is 15.3. The van der Waals surface area contributed by atoms with E-state index in [0.29, 0.717) is 0 Å². The van der Waals surface area contributed by atoms with E-state index in [2.05, 4.69) is 9.72 Å². The molecule has 0 N–H and O–H groups in total. The highest BCUT2D eigenvalue weighted by Crippen LogP contribution is 2.26. The summed E-state index contributed by atoms with van der Waals surface area (Å²) in [6.45, 7) is 0.143. The molecule has 1 aromatic rings. The molecule has 1 aliphatic heterocycles. The first kappa shape index (κ1) is 16.4. The lowest BCUT2D eigenvalue weighted by molar-refractivity contribution is -0.149. The van der Waals surface area contributed by atoms with Crippen LogP contribution in [-0.2, 0) is 24.3 Å². The summed E-state index contributed by atoms with van der Waals surface area (Å²) in [7, 11) is -2.78. The Morgan fingerprint density at radius 2 is 2.24 bits per heavy atom. The molecule has 1 atom stereocenters. The first-order valence-corrected chi connectivity index (χ1v) is 8.06. The van der Waals surface area contributed by atoms with Gasteiger partial charge in [-0.25, -0.2) is 13.4 Å². The van der Waals surface area contributed by atoms with Crippen molar-refractivity contribution >= 4 is 39.2 Å². The van der Waals surface area contributed by atoms with Gasteiger partial charge in [-0.15, -0.1) is 0 Å². The Morgan fingerprint density at radius 3 is 2.86 bits per heavy atom. The van der Waals surface area contributed by atoms with Gasteiger partial charge in [0.05, 0.1) is 25.3 Å². The van der Waals surface area contributed by atoms with E-state index in [1.807, 2.05) is 0 Å². The number of hydrogen-bond donors (Lipinski definition) is 0. The average molecular weight is 355 g/mol. The van der Waals surface area contributed by atoms with E-state index < -0.39 is 22.0 Å². The van der Waals surface area contributed by atoms with Crippen LogP contribution >= 0.6 is 23.2 Å². The zero-order valence-corrected chi connectivity index (χ0v) is 13.3. The molecule has 0 bridgehead atoms. The molecule has 1 aliphatic rings. The van der Waals surface area contributed by atoms with Crippen LogP contribution in [0.15, 0.2) is 17.2 Å². The van der Waals surface area contributed by atoms with E-state index in [4.69, 9.17) is 27.9 Å². The lowest BCUT2D eigenvalue weighted by Crippen LogP contribution is -2.52. The molecule has 7 nitrogen and oxygen atoms in total. The molecule has 1 fully saturated rings. The summed E-state index contributed by atoms with van der Waals surface area (Å²) in [5, 5.41) is 0.0164. The van der Waals surface area contributed by atoms with Crippen LogP contribution in [0.1, 0.15) is 0 Å². The Bertz CT molecular complexity index is 652. The molecule has 2 rings (SSSR count). The molecule has 0 aliphatic carbocycles. The lowest BCUT2D eigenvalue weighted by atomic mass is 10.3. The summed E-state index contributed by atoms with van der Waals surface area (Å²) in [5.74, 6) is -0.689. The third-order valence-corrected chi connectivity index (χ3v) is 5.49. The van der Waals surface area contributed by atoms with Crippen molar-refractivity contribution in [2.75, 3.05) is 26.9 Å². The predicted octanol–water partition coefficient (Wildman–Crippen LogP) is 0.951. The minimum absolute atomic E-state index is 0.00196. The van der Waals surface area contributed by atoms with Gasteiger partial charge in [0.15, 0.2) is 0 Å². The third kappa shape index (κ3) is 3.29. The summed E-state index contributed by atoms with van der Waals surface area (Å²) in [6, 6.07) is 0.152. The lowest BCUT2D eigenvalue weighted by Gasteiger charge is -2.32. The maximum Gasteiger partial charge on any atom is 0.326 e. The van der Waals surface area contributed by atoms with Gasteiger partial charge in [-0.05, 0) is 6.07 Å². The molecular formula is C11H12Cl2N2O5S. The van der Waals surface area contributed by atoms with Gasteiger partial charge in [0.1, 0.15) is 16.1 Å². The van der Waals surface area contributed by atoms with E-state index in [9.17, 15) is 13.2 Å². The summed E-state index contributed by atoms with van der Waals surface area (Å²) in [6.07, 6.45) is 1.09. The SMILES string of the molecule is COC(=O)C1COCCN1S(=O)(=O)c1cnc(Cl)c(Cl)c1. The van der Waals surface area contributed by atoms with Crippen molar-refractivity contribution in [3.63, 3.8) is 0 Å². The van der Waals surface area contributed by atoms with Gasteiger partial charge in [-0.3, -0.25) is 4.79 Å². The van der Waals surface area contributed by atoms with Crippen molar-refractivity contribution in [1.82, 2.24) is 9.29 Å². The molecule has 10 heteroatoms. The highest BCUT2D eigenvalue weighted by atomic mass is 35.5. The molecule has 0 amide bonds. The fraction of sp³-hybridized carbons (Fsp3) is 0.455. The van der Waals surface area contributed by atoms with Crippen molar-refractivity contribution < 1.29 is 22.7 Å². The molecule has 21 heavy (non-hydrogen) atoms. The molecule has 0 aromatic carbocycles. The number of methoxy groups -OCH3 is 1. The van der Waals surface area contributed by atoms with Crippen molar-refractivity contribution in [1.29, 1.82) is 0 Å². The number of rotatable bonds is 3. The molecule has 0 radical (unpaired) electrons. The summed E-state index contributed by atoms with van der Waals surface area (Å²) in [5.41, 5.74) is 0. The number of ether oxygens (including phenoxy) is 2. The zero-order valence-electron chi connectivity index (χ0n) is 11.0. The molecule has 1 saturated heterocycles. The van der Waals surface area contributed by atoms with Crippen LogP contribution in [0.5, 0.6) is 0 Å². The second kappa shape index (κ2) is 6.45. The molecular weight excluding hydrogens is 343 g/mol. The van der Waals surface area contributed by atoms with Crippen molar-refractivity contribution in [2.45, 2.75) is 10.9 Å². The zero-order chi connectivity index (χ0) is 15.6. The molecule has 1 unspecified atom stereocenters. The number of nitrogens with zero attached hydrogens (tertiary/aromatic N) is 2. The second-order valence-electron chi connectivity index (χ2n) is 4.17. The average Bonchev–Trinajstić information content (AvgIpc) is 2.49. The number of esters is 1. The summed E-state index contributed by atoms with van der Waals surface area (Å²) < 4.78 is 36.0. The van der Waals surface area contributed by atoms with Crippen LogP contribution in [0.4, 0.5) is 0 Å². The molecule has 0 saturated carbocycles. The number of pyridine rings is 1. The van der Waals surface area contributed by atoms with Crippen LogP contribution in [0, 0.1) is 0 Å². The molecule has 2 heterocycles. The maximum atomic E-state index is 12.6. The quantitative estimate of drug-likeness (QED) is 0.593. The highest BCUT2D eigenvalue weighted by Gasteiger charge is 2.39. The van der Waals surface area contributed by atoms with Crippen LogP contribution in [0.2, 0.25) is 10.2 Å². The van der Waals surface area contributed by atoms with Gasteiger partial charge < -0.3 is 9.47 Å². The van der Waals surface area contributed by atoms with E-state index in [0.717, 1.165) is 10.5 Å². The number of hydrogen-bond acceptors (Lipinski definition) is 6. The Hall–Kier alpha value is -0.930. The molecule has 0 spiro atoms. The number of sulfonamides is 1. The van der Waals surface area contributed by atoms with Crippen molar-refractivity contribution in [2.24, 2.45) is 0 Å². The van der Waals surface area contributed by atoms with Gasteiger partial charge in [-0.2, -0.15) is 4.31 Å². The maximum absolute atomic E-state index is 12.6. The smallest absolute Gasteiger partial charge is 0.326 e. The molecule has 1 aromatic heterocycles. The summed E-state index contributed by atoms with van der Waals surface area (Å²) >= 11 is 11.5. The number of morpholine rings is 1. The van der Waals surface area contributed by atoms with Crippen molar-refractivity contribution in [3.8, 4) is 0 Å². The van der Waals surface area contributed by atoms with E-state index in [1.165, 1.54) is 13.2 Å². The number of carbonyl (C=O) groups excluding carboxylic acids is 1. The first-order chi connectivity index (χ1) is 9.87. The predicted molar refractivity (Wildman–Crippen MR) is 74.8 cm³/mol. The number of carbonyl (C=O) groups is 1. The normalized spacial score (nSPS) is 20.2. The number of aromatic nitrogens is 1. The fourth-order valence-corrected chi connectivity index (χ4v) is 3.73. The monoisotopic (exact) mass is 354 g/mol. The van der Waals surface area contributed by atoms with E-state index in [-0.39, 0.29) is 34.8 Å². The Morgan fingerprint density at radius 1 is 1.52 bits per heavy atom. The van der Waals surface area contributed by atoms with Crippen LogP contribution in [0.3, 0.4) is 0 Å². The highest BCUT2D eigenvalue weighted by molar-refractivity contribution is 7.89. The Kier molecular flexibility index (Phi) is 5.05. The van der Waals surface area contributed by atoms with Crippen LogP contribution in [0.25, 0.3) is 0 Å². The van der Waals surface area contributed by atoms with Crippen LogP contribution in [-0.4, -0.2) is 56.6 Å². The van der Waals surface area contributed by atoms with E-state index >= 15 is 0 Å². The Balaban J connectivity index is 2.40. The van der Waals surface area contributed by atoms with Crippen LogP contribution < -0.4 is 0 Å². The topological polar surface area (TPSA) is 85.8 Å². The van der Waals surface area contributed by atoms with Gasteiger partial charge >= 0.3 is 5.97 Å². The van der Waals surface area contributed by atoms with Gasteiger partial charge in [0, 0.05) is 12.7 Å². The third-order valence-electron chi connectivity index (χ3n) is 2.93. The number of halogens is 2. The Labute approximate surface area is 131 Å². The minimum atomic E-state index is -3.96. The van der Waals surface area contributed by atoms with Gasteiger partial charge in [0.2, 0.25) is 10.0 Å². The van der Waals surface area contributed by atoms with Gasteiger partial charge in [-0.1, -0.05) is 23.2 Å². The molecule has 116 valence electrons. The van der Waals surface area contributed by atoms with Crippen molar-refractivity contribution in [3.05, 3.63) is 22.4 Å². The standard InChI is InChI=1S/C11H12Cl2N2O5S/c1-19-11(16)9-6-20-3-2-15(9)21(17,18)7-4-8(12)10(13)14-5-7/h4-5,9H,2-3,6H2,1H3. The van der Waals surface area contributed by atoms with Gasteiger partial charge in [0.25, 0.3) is 0 Å².